The summed E-state index contributed by atoms with van der Waals surface area (Å²) in [5.74, 6) is 0.728. The zero-order valence-electron chi connectivity index (χ0n) is 26.2. The third kappa shape index (κ3) is 4.56. The molecule has 1 nitrogen and oxygen atoms in total. The Morgan fingerprint density at radius 1 is 1.11 bits per heavy atom. The Hall–Kier alpha value is -1.15. The molecule has 0 amide bonds. The average Bonchev–Trinajstić information content (AvgIpc) is 3.08. The van der Waals surface area contributed by atoms with Crippen LogP contribution in [0.5, 0.6) is 0 Å². The molecular weight excluding hydrogens is 455 g/mol. The van der Waals surface area contributed by atoms with Gasteiger partial charge >= 0.3 is 0 Å². The minimum absolute atomic E-state index is 0.0359. The highest BCUT2D eigenvalue weighted by molar-refractivity contribution is 5.46. The number of fused-ring (bicyclic) bond motifs is 5. The van der Waals surface area contributed by atoms with Crippen LogP contribution in [0.15, 0.2) is 48.1 Å². The van der Waals surface area contributed by atoms with Gasteiger partial charge in [-0.25, -0.2) is 4.39 Å². The molecule has 4 aliphatic carbocycles. The van der Waals surface area contributed by atoms with Gasteiger partial charge in [-0.3, -0.25) is 0 Å². The Balaban J connectivity index is 0.00000115. The maximum absolute atomic E-state index is 17.4. The average molecular weight is 515 g/mol. The van der Waals surface area contributed by atoms with Crippen LogP contribution >= 0.6 is 0 Å². The van der Waals surface area contributed by atoms with Crippen LogP contribution in [0.3, 0.4) is 0 Å². The highest BCUT2D eigenvalue weighted by atomic mass is 19.1. The topological polar surface area (TPSA) is 20.2 Å². The van der Waals surface area contributed by atoms with E-state index in [2.05, 4.69) is 73.8 Å². The molecule has 0 bridgehead atoms. The summed E-state index contributed by atoms with van der Waals surface area (Å²) < 4.78 is 17.4. The molecule has 7 atom stereocenters. The molecule has 0 aromatic heterocycles. The molecule has 212 valence electrons. The van der Waals surface area contributed by atoms with E-state index in [1.165, 1.54) is 11.1 Å². The van der Waals surface area contributed by atoms with Gasteiger partial charge in [0.1, 0.15) is 5.67 Å². The van der Waals surface area contributed by atoms with Crippen LogP contribution in [0.4, 0.5) is 4.39 Å². The van der Waals surface area contributed by atoms with E-state index in [9.17, 15) is 5.11 Å². The van der Waals surface area contributed by atoms with Gasteiger partial charge in [-0.05, 0) is 86.0 Å². The predicted octanol–water partition coefficient (Wildman–Crippen LogP) is 10.4. The fourth-order valence-electron chi connectivity index (χ4n) is 9.40. The van der Waals surface area contributed by atoms with Crippen molar-refractivity contribution in [2.45, 2.75) is 133 Å². The van der Waals surface area contributed by atoms with Crippen LogP contribution in [0, 0.1) is 39.4 Å². The van der Waals surface area contributed by atoms with Gasteiger partial charge in [0.2, 0.25) is 0 Å². The van der Waals surface area contributed by atoms with E-state index in [-0.39, 0.29) is 22.7 Å². The number of alkyl halides is 1. The van der Waals surface area contributed by atoms with Gasteiger partial charge in [-0.15, -0.1) is 0 Å². The first kappa shape index (κ1) is 32.1. The van der Waals surface area contributed by atoms with E-state index in [0.717, 1.165) is 37.7 Å². The van der Waals surface area contributed by atoms with E-state index in [0.29, 0.717) is 18.8 Å². The Kier molecular flexibility index (Phi) is 9.66. The van der Waals surface area contributed by atoms with Gasteiger partial charge in [0.15, 0.2) is 0 Å². The summed E-state index contributed by atoms with van der Waals surface area (Å²) in [7, 11) is 0. The Morgan fingerprint density at radius 3 is 2.24 bits per heavy atom. The molecule has 0 aliphatic heterocycles. The van der Waals surface area contributed by atoms with E-state index < -0.39 is 22.6 Å². The lowest BCUT2D eigenvalue weighted by Gasteiger charge is -2.64. The highest BCUT2D eigenvalue weighted by Crippen LogP contribution is 2.76. The standard InChI is InChI=1S/C31H47FO.2C2H6/c1-20(2)10-11-22(4)31(27(5,6)7)26(33)19-25-24-13-12-23-18-21(3)14-15-28(23,8)30(24,32)17-16-29(25,31)9;2*1-2/h14-15,18,20,24-26,33H,3-4,10-13,16-17,19H2,1-2,5-9H3;2*1-2H3/t24?,25?,26-,28?,29?,30-,31?;;/m1../s1. The quantitative estimate of drug-likeness (QED) is 0.370. The molecule has 0 aromatic carbocycles. The van der Waals surface area contributed by atoms with Crippen LogP contribution in [0.25, 0.3) is 0 Å². The minimum atomic E-state index is -1.27. The lowest BCUT2D eigenvalue weighted by atomic mass is 9.41. The molecule has 2 heteroatoms. The largest absolute Gasteiger partial charge is 0.392 e. The minimum Gasteiger partial charge on any atom is -0.392 e. The Bertz CT molecular complexity index is 903. The molecule has 0 saturated heterocycles. The second kappa shape index (κ2) is 11.1. The second-order valence-corrected chi connectivity index (χ2v) is 13.7. The number of rotatable bonds is 4. The fourth-order valence-corrected chi connectivity index (χ4v) is 9.40. The maximum Gasteiger partial charge on any atom is 0.126 e. The number of aliphatic hydroxyl groups is 1. The first-order chi connectivity index (χ1) is 17.1. The van der Waals surface area contributed by atoms with Crippen molar-refractivity contribution in [1.29, 1.82) is 0 Å². The summed E-state index contributed by atoms with van der Waals surface area (Å²) in [5.41, 5.74) is 0.855. The van der Waals surface area contributed by atoms with Gasteiger partial charge in [-0.2, -0.15) is 0 Å². The molecule has 0 radical (unpaired) electrons. The Morgan fingerprint density at radius 2 is 1.70 bits per heavy atom. The molecule has 3 fully saturated rings. The van der Waals surface area contributed by atoms with E-state index in [4.69, 9.17) is 0 Å². The number of halogens is 1. The van der Waals surface area contributed by atoms with Gasteiger partial charge < -0.3 is 5.11 Å². The maximum atomic E-state index is 17.4. The molecule has 3 saturated carbocycles. The summed E-state index contributed by atoms with van der Waals surface area (Å²) in [6.45, 7) is 32.6. The third-order valence-electron chi connectivity index (χ3n) is 10.8. The smallest absolute Gasteiger partial charge is 0.126 e. The second-order valence-electron chi connectivity index (χ2n) is 13.7. The van der Waals surface area contributed by atoms with Crippen molar-refractivity contribution in [2.75, 3.05) is 0 Å². The SMILES string of the molecule is C=C1C=CC2(C)C(=C1)CCC1C3C[C@@H](O)C(C(=C)CCC(C)C)(C(C)(C)C)C3(C)CC[C@@]12F.CC.CC. The number of aliphatic hydroxyl groups excluding tert-OH is 1. The summed E-state index contributed by atoms with van der Waals surface area (Å²) in [4.78, 5) is 0. The van der Waals surface area contributed by atoms with Crippen LogP contribution < -0.4 is 0 Å². The van der Waals surface area contributed by atoms with Crippen molar-refractivity contribution in [3.63, 3.8) is 0 Å². The summed E-state index contributed by atoms with van der Waals surface area (Å²) >= 11 is 0. The molecular formula is C35H59FO. The van der Waals surface area contributed by atoms with Gasteiger partial charge in [0.25, 0.3) is 0 Å². The number of allylic oxidation sites excluding steroid dienone is 5. The monoisotopic (exact) mass is 514 g/mol. The lowest BCUT2D eigenvalue weighted by Crippen LogP contribution is -2.63. The van der Waals surface area contributed by atoms with Gasteiger partial charge in [0, 0.05) is 10.8 Å². The van der Waals surface area contributed by atoms with Crippen molar-refractivity contribution in [1.82, 2.24) is 0 Å². The van der Waals surface area contributed by atoms with E-state index in [1.807, 2.05) is 33.8 Å². The molecule has 37 heavy (non-hydrogen) atoms. The third-order valence-corrected chi connectivity index (χ3v) is 10.8. The summed E-state index contributed by atoms with van der Waals surface area (Å²) in [6, 6.07) is 0. The van der Waals surface area contributed by atoms with Gasteiger partial charge in [0.05, 0.1) is 6.10 Å². The van der Waals surface area contributed by atoms with Crippen LogP contribution in [-0.4, -0.2) is 16.9 Å². The van der Waals surface area contributed by atoms with Crippen LogP contribution in [0.2, 0.25) is 0 Å². The normalized spacial score (nSPS) is 40.3. The van der Waals surface area contributed by atoms with Crippen molar-refractivity contribution >= 4 is 0 Å². The Labute approximate surface area is 229 Å². The first-order valence-electron chi connectivity index (χ1n) is 15.3. The zero-order chi connectivity index (χ0) is 28.6. The molecule has 0 heterocycles. The molecule has 5 unspecified atom stereocenters. The van der Waals surface area contributed by atoms with E-state index >= 15 is 4.39 Å². The predicted molar refractivity (Wildman–Crippen MR) is 160 cm³/mol. The first-order valence-corrected chi connectivity index (χ1v) is 15.3. The molecule has 1 N–H and O–H groups in total. The van der Waals surface area contributed by atoms with Crippen LogP contribution in [0.1, 0.15) is 121 Å². The highest BCUT2D eigenvalue weighted by Gasteiger charge is 2.74. The van der Waals surface area contributed by atoms with Crippen LogP contribution in [-0.2, 0) is 0 Å². The van der Waals surface area contributed by atoms with Gasteiger partial charge in [-0.1, -0.05) is 112 Å². The number of hydrogen-bond donors (Lipinski definition) is 1. The molecule has 4 aliphatic rings. The molecule has 4 rings (SSSR count). The number of hydrogen-bond acceptors (Lipinski definition) is 1. The van der Waals surface area contributed by atoms with Crippen molar-refractivity contribution in [2.24, 2.45) is 39.4 Å². The lowest BCUT2D eigenvalue weighted by molar-refractivity contribution is -0.160. The summed E-state index contributed by atoms with van der Waals surface area (Å²) in [5, 5.41) is 11.9. The zero-order valence-corrected chi connectivity index (χ0v) is 26.2. The fraction of sp³-hybridized carbons (Fsp3) is 0.771. The van der Waals surface area contributed by atoms with E-state index in [1.54, 1.807) is 0 Å². The van der Waals surface area contributed by atoms with Crippen molar-refractivity contribution in [3.05, 3.63) is 48.1 Å². The van der Waals surface area contributed by atoms with Crippen molar-refractivity contribution in [3.8, 4) is 0 Å². The molecule has 0 spiro atoms. The van der Waals surface area contributed by atoms with Crippen molar-refractivity contribution < 1.29 is 9.50 Å². The summed E-state index contributed by atoms with van der Waals surface area (Å²) in [6.07, 6.45) is 11.6. The molecule has 0 aromatic rings.